The molecule has 5 nitrogen and oxygen atoms in total. The van der Waals surface area contributed by atoms with Crippen molar-refractivity contribution in [3.63, 3.8) is 0 Å². The maximum absolute atomic E-state index is 13.7. The third-order valence-electron chi connectivity index (χ3n) is 6.49. The lowest BCUT2D eigenvalue weighted by molar-refractivity contribution is -0.143. The number of carbonyl (C=O) groups is 2. The number of halogens is 3. The van der Waals surface area contributed by atoms with Crippen molar-refractivity contribution in [2.45, 2.75) is 50.7 Å². The van der Waals surface area contributed by atoms with Gasteiger partial charge in [-0.2, -0.15) is 0 Å². The van der Waals surface area contributed by atoms with Gasteiger partial charge in [0.15, 0.2) is 6.61 Å². The first-order valence-electron chi connectivity index (χ1n) is 12.3. The number of hydrogen-bond acceptors (Lipinski definition) is 3. The van der Waals surface area contributed by atoms with Gasteiger partial charge in [-0.05, 0) is 60.4 Å². The lowest BCUT2D eigenvalue weighted by Gasteiger charge is -2.32. The smallest absolute Gasteiger partial charge is 0.261 e. The molecule has 0 spiro atoms. The first kappa shape index (κ1) is 27.5. The van der Waals surface area contributed by atoms with Crippen molar-refractivity contribution in [3.8, 4) is 5.75 Å². The van der Waals surface area contributed by atoms with Gasteiger partial charge in [0, 0.05) is 23.5 Å². The Morgan fingerprint density at radius 3 is 2.32 bits per heavy atom. The van der Waals surface area contributed by atoms with Crippen LogP contribution in [0, 0.1) is 0 Å². The van der Waals surface area contributed by atoms with Crippen LogP contribution in [-0.2, 0) is 22.6 Å². The van der Waals surface area contributed by atoms with Crippen LogP contribution in [0.5, 0.6) is 5.75 Å². The van der Waals surface area contributed by atoms with Crippen molar-refractivity contribution in [1.82, 2.24) is 10.2 Å². The molecule has 0 aromatic heterocycles. The maximum Gasteiger partial charge on any atom is 0.261 e. The molecule has 3 aromatic rings. The molecule has 8 heteroatoms. The number of carbonyl (C=O) groups excluding carboxylic acids is 2. The quantitative estimate of drug-likeness (QED) is 0.276. The van der Waals surface area contributed by atoms with Gasteiger partial charge in [0.1, 0.15) is 11.8 Å². The summed E-state index contributed by atoms with van der Waals surface area (Å²) in [5.41, 5.74) is 1.74. The minimum absolute atomic E-state index is 0.131. The summed E-state index contributed by atoms with van der Waals surface area (Å²) in [7, 11) is 0. The molecule has 4 rings (SSSR count). The van der Waals surface area contributed by atoms with Crippen LogP contribution >= 0.6 is 39.1 Å². The first-order valence-corrected chi connectivity index (χ1v) is 13.9. The molecule has 0 heterocycles. The second kappa shape index (κ2) is 13.3. The van der Waals surface area contributed by atoms with E-state index in [1.165, 1.54) is 0 Å². The van der Waals surface area contributed by atoms with Crippen LogP contribution in [0.15, 0.2) is 77.3 Å². The predicted octanol–water partition coefficient (Wildman–Crippen LogP) is 6.83. The summed E-state index contributed by atoms with van der Waals surface area (Å²) in [6.45, 7) is -0.0139. The fraction of sp³-hybridized carbons (Fsp3) is 0.310. The van der Waals surface area contributed by atoms with E-state index in [1.54, 1.807) is 29.2 Å². The lowest BCUT2D eigenvalue weighted by Crippen LogP contribution is -2.53. The third-order valence-corrected chi connectivity index (χ3v) is 7.75. The summed E-state index contributed by atoms with van der Waals surface area (Å²) < 4.78 is 6.72. The summed E-state index contributed by atoms with van der Waals surface area (Å²) in [6, 6.07) is 21.7. The Hall–Kier alpha value is -2.54. The normalized spacial score (nSPS) is 14.2. The van der Waals surface area contributed by atoms with Crippen LogP contribution in [0.1, 0.15) is 36.8 Å². The Bertz CT molecular complexity index is 1200. The lowest BCUT2D eigenvalue weighted by atomic mass is 10.0. The average molecular weight is 604 g/mol. The number of rotatable bonds is 10. The van der Waals surface area contributed by atoms with Gasteiger partial charge in [0.2, 0.25) is 5.91 Å². The summed E-state index contributed by atoms with van der Waals surface area (Å²) >= 11 is 15.8. The number of benzene rings is 3. The number of ether oxygens (including phenoxy) is 1. The van der Waals surface area contributed by atoms with Crippen molar-refractivity contribution in [2.75, 3.05) is 6.61 Å². The Morgan fingerprint density at radius 2 is 1.65 bits per heavy atom. The van der Waals surface area contributed by atoms with Crippen LogP contribution in [0.3, 0.4) is 0 Å². The molecule has 37 heavy (non-hydrogen) atoms. The molecule has 1 aliphatic carbocycles. The molecule has 1 N–H and O–H groups in total. The van der Waals surface area contributed by atoms with Gasteiger partial charge < -0.3 is 15.0 Å². The number of nitrogens with one attached hydrogen (secondary N) is 1. The molecule has 1 saturated carbocycles. The Balaban J connectivity index is 1.62. The summed E-state index contributed by atoms with van der Waals surface area (Å²) in [5.74, 6) is 0.116. The van der Waals surface area contributed by atoms with Gasteiger partial charge in [0.05, 0.1) is 10.0 Å². The molecule has 0 radical (unpaired) electrons. The van der Waals surface area contributed by atoms with E-state index in [0.717, 1.165) is 41.3 Å². The van der Waals surface area contributed by atoms with E-state index < -0.39 is 6.04 Å². The van der Waals surface area contributed by atoms with Crippen molar-refractivity contribution < 1.29 is 14.3 Å². The molecule has 1 aliphatic rings. The molecule has 1 fully saturated rings. The van der Waals surface area contributed by atoms with Crippen LogP contribution in [0.2, 0.25) is 10.0 Å². The van der Waals surface area contributed by atoms with Crippen LogP contribution < -0.4 is 10.1 Å². The van der Waals surface area contributed by atoms with Crippen molar-refractivity contribution in [3.05, 3.63) is 98.4 Å². The van der Waals surface area contributed by atoms with Crippen molar-refractivity contribution in [1.29, 1.82) is 0 Å². The SMILES string of the molecule is O=C(NC1CCCC1)[C@H](Cc1ccccc1)N(Cc1ccc(Cl)c(Cl)c1)C(=O)COc1ccc(Br)cc1. The monoisotopic (exact) mass is 602 g/mol. The molecule has 0 bridgehead atoms. The van der Waals surface area contributed by atoms with Gasteiger partial charge in [-0.3, -0.25) is 9.59 Å². The van der Waals surface area contributed by atoms with Crippen molar-refractivity contribution in [2.24, 2.45) is 0 Å². The highest BCUT2D eigenvalue weighted by molar-refractivity contribution is 9.10. The minimum Gasteiger partial charge on any atom is -0.484 e. The molecule has 3 aromatic carbocycles. The molecule has 1 atom stereocenters. The zero-order chi connectivity index (χ0) is 26.2. The standard InChI is InChI=1S/C29H29BrCl2N2O3/c30-22-11-13-24(14-12-22)37-19-28(35)34(18-21-10-15-25(31)26(32)16-21)27(17-20-6-2-1-3-7-20)29(36)33-23-8-4-5-9-23/h1-3,6-7,10-16,23,27H,4-5,8-9,17-19H2,(H,33,36)/t27-/m0/s1. The topological polar surface area (TPSA) is 58.6 Å². The van der Waals surface area contributed by atoms with Gasteiger partial charge in [-0.1, -0.05) is 88.4 Å². The summed E-state index contributed by atoms with van der Waals surface area (Å²) in [6.07, 6.45) is 4.49. The second-order valence-corrected chi connectivity index (χ2v) is 10.9. The summed E-state index contributed by atoms with van der Waals surface area (Å²) in [4.78, 5) is 28.9. The van der Waals surface area contributed by atoms with Gasteiger partial charge in [-0.15, -0.1) is 0 Å². The fourth-order valence-corrected chi connectivity index (χ4v) is 5.10. The number of hydrogen-bond donors (Lipinski definition) is 1. The zero-order valence-corrected chi connectivity index (χ0v) is 23.4. The minimum atomic E-state index is -0.724. The van der Waals surface area contributed by atoms with Crippen LogP contribution in [-0.4, -0.2) is 35.4 Å². The van der Waals surface area contributed by atoms with E-state index >= 15 is 0 Å². The number of nitrogens with zero attached hydrogens (tertiary/aromatic N) is 1. The highest BCUT2D eigenvalue weighted by atomic mass is 79.9. The Labute approximate surface area is 236 Å². The molecule has 0 unspecified atom stereocenters. The van der Waals surface area contributed by atoms with Gasteiger partial charge in [-0.25, -0.2) is 0 Å². The Morgan fingerprint density at radius 1 is 0.946 bits per heavy atom. The van der Waals surface area contributed by atoms with E-state index in [2.05, 4.69) is 21.2 Å². The molecular formula is C29H29BrCl2N2O3. The van der Waals surface area contributed by atoms with E-state index in [-0.39, 0.29) is 31.0 Å². The summed E-state index contributed by atoms with van der Waals surface area (Å²) in [5, 5.41) is 4.02. The van der Waals surface area contributed by atoms with Gasteiger partial charge in [0.25, 0.3) is 5.91 Å². The molecule has 0 saturated heterocycles. The second-order valence-electron chi connectivity index (χ2n) is 9.21. The highest BCUT2D eigenvalue weighted by Crippen LogP contribution is 2.25. The zero-order valence-electron chi connectivity index (χ0n) is 20.3. The fourth-order valence-electron chi connectivity index (χ4n) is 4.51. The molecule has 0 aliphatic heterocycles. The van der Waals surface area contributed by atoms with E-state index in [9.17, 15) is 9.59 Å². The first-order chi connectivity index (χ1) is 17.9. The number of amides is 2. The largest absolute Gasteiger partial charge is 0.484 e. The maximum atomic E-state index is 13.7. The average Bonchev–Trinajstić information content (AvgIpc) is 3.41. The van der Waals surface area contributed by atoms with Crippen LogP contribution in [0.4, 0.5) is 0 Å². The van der Waals surface area contributed by atoms with E-state index in [0.29, 0.717) is 22.2 Å². The molecular weight excluding hydrogens is 575 g/mol. The van der Waals surface area contributed by atoms with Crippen LogP contribution in [0.25, 0.3) is 0 Å². The highest BCUT2D eigenvalue weighted by Gasteiger charge is 2.32. The van der Waals surface area contributed by atoms with E-state index in [1.807, 2.05) is 48.5 Å². The Kier molecular flexibility index (Phi) is 9.89. The van der Waals surface area contributed by atoms with Crippen molar-refractivity contribution >= 4 is 50.9 Å². The van der Waals surface area contributed by atoms with E-state index in [4.69, 9.17) is 27.9 Å². The predicted molar refractivity (Wildman–Crippen MR) is 151 cm³/mol. The van der Waals surface area contributed by atoms with Gasteiger partial charge >= 0.3 is 0 Å². The molecule has 194 valence electrons. The molecule has 2 amide bonds. The third kappa shape index (κ3) is 7.97.